The Hall–Kier alpha value is -1.84. The van der Waals surface area contributed by atoms with Crippen LogP contribution in [0.15, 0.2) is 54.6 Å². The predicted molar refractivity (Wildman–Crippen MR) is 97.5 cm³/mol. The maximum absolute atomic E-state index is 6.06. The highest BCUT2D eigenvalue weighted by molar-refractivity contribution is 5.35. The smallest absolute Gasteiger partial charge is 0.127 e. The van der Waals surface area contributed by atoms with E-state index in [2.05, 4.69) is 34.5 Å². The van der Waals surface area contributed by atoms with Crippen molar-refractivity contribution in [3.8, 4) is 11.5 Å². The minimum absolute atomic E-state index is 0.542. The Morgan fingerprint density at radius 2 is 1.67 bits per heavy atom. The van der Waals surface area contributed by atoms with Crippen molar-refractivity contribution in [2.45, 2.75) is 25.3 Å². The molecule has 0 aromatic heterocycles. The molecule has 0 bridgehead atoms. The molecule has 2 aromatic rings. The van der Waals surface area contributed by atoms with Gasteiger partial charge >= 0.3 is 0 Å². The lowest BCUT2D eigenvalue weighted by atomic mass is 9.76. The Labute approximate surface area is 144 Å². The van der Waals surface area contributed by atoms with Crippen LogP contribution in [0.1, 0.15) is 30.9 Å². The second-order valence-corrected chi connectivity index (χ2v) is 6.91. The Bertz CT molecular complexity index is 648. The number of nitrogens with zero attached hydrogens (tertiary/aromatic N) is 1. The summed E-state index contributed by atoms with van der Waals surface area (Å²) in [6.07, 6.45) is 4.10. The standard InChI is InChI=1S/C21H26N2O/c1-2-9-19(10-3-1)24-20-11-5-8-18(16-20)21(17-6-4-7-17)23-14-12-22-13-15-23/h1-3,5,8-11,16-17,21-22H,4,6-7,12-15H2/t21-/m0/s1. The van der Waals surface area contributed by atoms with Crippen LogP contribution in [-0.2, 0) is 0 Å². The molecule has 1 N–H and O–H groups in total. The first-order valence-electron chi connectivity index (χ1n) is 9.18. The molecule has 1 aliphatic carbocycles. The number of hydrogen-bond donors (Lipinski definition) is 1. The molecule has 1 aliphatic heterocycles. The molecule has 2 aliphatic rings. The van der Waals surface area contributed by atoms with E-state index in [4.69, 9.17) is 4.74 Å². The van der Waals surface area contributed by atoms with Gasteiger partial charge in [0.2, 0.25) is 0 Å². The molecule has 2 fully saturated rings. The zero-order valence-corrected chi connectivity index (χ0v) is 14.2. The first-order valence-corrected chi connectivity index (χ1v) is 9.18. The molecule has 0 radical (unpaired) electrons. The first-order chi connectivity index (χ1) is 11.9. The highest BCUT2D eigenvalue weighted by Gasteiger charge is 2.33. The summed E-state index contributed by atoms with van der Waals surface area (Å²) < 4.78 is 6.06. The molecule has 3 nitrogen and oxygen atoms in total. The predicted octanol–water partition coefficient (Wildman–Crippen LogP) is 4.23. The van der Waals surface area contributed by atoms with Gasteiger partial charge in [0.05, 0.1) is 0 Å². The monoisotopic (exact) mass is 322 g/mol. The second kappa shape index (κ2) is 7.37. The van der Waals surface area contributed by atoms with E-state index < -0.39 is 0 Å². The van der Waals surface area contributed by atoms with Crippen LogP contribution in [0.4, 0.5) is 0 Å². The molecular formula is C21H26N2O. The van der Waals surface area contributed by atoms with E-state index in [0.29, 0.717) is 6.04 Å². The lowest BCUT2D eigenvalue weighted by molar-refractivity contribution is 0.0836. The van der Waals surface area contributed by atoms with Gasteiger partial charge in [-0.15, -0.1) is 0 Å². The van der Waals surface area contributed by atoms with Crippen LogP contribution in [0.5, 0.6) is 11.5 Å². The number of ether oxygens (including phenoxy) is 1. The Kier molecular flexibility index (Phi) is 4.81. The van der Waals surface area contributed by atoms with Gasteiger partial charge in [0.25, 0.3) is 0 Å². The van der Waals surface area contributed by atoms with E-state index in [9.17, 15) is 0 Å². The molecule has 4 rings (SSSR count). The van der Waals surface area contributed by atoms with Crippen molar-refractivity contribution in [1.29, 1.82) is 0 Å². The van der Waals surface area contributed by atoms with E-state index in [1.54, 1.807) is 0 Å². The average Bonchev–Trinajstić information content (AvgIpc) is 2.60. The van der Waals surface area contributed by atoms with Gasteiger partial charge in [-0.1, -0.05) is 36.8 Å². The van der Waals surface area contributed by atoms with Gasteiger partial charge in [-0.05, 0) is 48.6 Å². The Morgan fingerprint density at radius 3 is 2.38 bits per heavy atom. The number of piperazine rings is 1. The van der Waals surface area contributed by atoms with Gasteiger partial charge in [-0.3, -0.25) is 4.90 Å². The Morgan fingerprint density at radius 1 is 0.917 bits per heavy atom. The van der Waals surface area contributed by atoms with E-state index in [1.165, 1.54) is 24.8 Å². The van der Waals surface area contributed by atoms with Crippen molar-refractivity contribution in [3.63, 3.8) is 0 Å². The van der Waals surface area contributed by atoms with Crippen molar-refractivity contribution in [1.82, 2.24) is 10.2 Å². The van der Waals surface area contributed by atoms with Gasteiger partial charge < -0.3 is 10.1 Å². The number of benzene rings is 2. The number of nitrogens with one attached hydrogen (secondary N) is 1. The van der Waals surface area contributed by atoms with Gasteiger partial charge in [-0.25, -0.2) is 0 Å². The molecule has 0 amide bonds. The molecule has 0 unspecified atom stereocenters. The van der Waals surface area contributed by atoms with Crippen molar-refractivity contribution in [2.75, 3.05) is 26.2 Å². The van der Waals surface area contributed by atoms with Crippen LogP contribution in [-0.4, -0.2) is 31.1 Å². The molecule has 3 heteroatoms. The lowest BCUT2D eigenvalue weighted by Gasteiger charge is -2.43. The third-order valence-electron chi connectivity index (χ3n) is 5.32. The second-order valence-electron chi connectivity index (χ2n) is 6.91. The SMILES string of the molecule is c1ccc(Oc2cccc([C@H](C3CCC3)N3CCNCC3)c2)cc1. The molecule has 126 valence electrons. The third kappa shape index (κ3) is 3.47. The van der Waals surface area contributed by atoms with Crippen LogP contribution in [0.2, 0.25) is 0 Å². The normalized spacial score (nSPS) is 20.3. The molecule has 1 heterocycles. The molecule has 0 spiro atoms. The molecule has 1 atom stereocenters. The number of para-hydroxylation sites is 1. The van der Waals surface area contributed by atoms with Crippen LogP contribution < -0.4 is 10.1 Å². The van der Waals surface area contributed by atoms with E-state index in [0.717, 1.165) is 43.6 Å². The quantitative estimate of drug-likeness (QED) is 0.892. The largest absolute Gasteiger partial charge is 0.457 e. The van der Waals surface area contributed by atoms with Crippen molar-refractivity contribution < 1.29 is 4.74 Å². The minimum Gasteiger partial charge on any atom is -0.457 e. The fourth-order valence-corrected chi connectivity index (χ4v) is 3.88. The average molecular weight is 322 g/mol. The van der Waals surface area contributed by atoms with Crippen LogP contribution in [0, 0.1) is 5.92 Å². The van der Waals surface area contributed by atoms with E-state index in [-0.39, 0.29) is 0 Å². The van der Waals surface area contributed by atoms with Crippen molar-refractivity contribution >= 4 is 0 Å². The summed E-state index contributed by atoms with van der Waals surface area (Å²) in [7, 11) is 0. The van der Waals surface area contributed by atoms with Gasteiger partial charge in [0.1, 0.15) is 11.5 Å². The summed E-state index contributed by atoms with van der Waals surface area (Å²) >= 11 is 0. The zero-order valence-electron chi connectivity index (χ0n) is 14.2. The van der Waals surface area contributed by atoms with Crippen molar-refractivity contribution in [2.24, 2.45) is 5.92 Å². The topological polar surface area (TPSA) is 24.5 Å². The van der Waals surface area contributed by atoms with Crippen LogP contribution in [0.3, 0.4) is 0 Å². The highest BCUT2D eigenvalue weighted by atomic mass is 16.5. The van der Waals surface area contributed by atoms with Crippen molar-refractivity contribution in [3.05, 3.63) is 60.2 Å². The van der Waals surface area contributed by atoms with Crippen LogP contribution in [0.25, 0.3) is 0 Å². The summed E-state index contributed by atoms with van der Waals surface area (Å²) in [5.41, 5.74) is 1.41. The third-order valence-corrected chi connectivity index (χ3v) is 5.32. The zero-order chi connectivity index (χ0) is 16.2. The maximum atomic E-state index is 6.06. The van der Waals surface area contributed by atoms with Gasteiger partial charge in [0, 0.05) is 32.2 Å². The fourth-order valence-electron chi connectivity index (χ4n) is 3.88. The fraction of sp³-hybridized carbons (Fsp3) is 0.429. The lowest BCUT2D eigenvalue weighted by Crippen LogP contribution is -2.47. The van der Waals surface area contributed by atoms with E-state index >= 15 is 0 Å². The van der Waals surface area contributed by atoms with E-state index in [1.807, 2.05) is 30.3 Å². The summed E-state index contributed by atoms with van der Waals surface area (Å²) in [5, 5.41) is 3.47. The summed E-state index contributed by atoms with van der Waals surface area (Å²) in [5.74, 6) is 2.64. The summed E-state index contributed by atoms with van der Waals surface area (Å²) in [4.78, 5) is 2.67. The van der Waals surface area contributed by atoms with Gasteiger partial charge in [0.15, 0.2) is 0 Å². The minimum atomic E-state index is 0.542. The number of hydrogen-bond acceptors (Lipinski definition) is 3. The van der Waals surface area contributed by atoms with Crippen LogP contribution >= 0.6 is 0 Å². The first kappa shape index (κ1) is 15.7. The highest BCUT2D eigenvalue weighted by Crippen LogP contribution is 2.42. The summed E-state index contributed by atoms with van der Waals surface area (Å²) in [6, 6.07) is 19.3. The maximum Gasteiger partial charge on any atom is 0.127 e. The molecule has 24 heavy (non-hydrogen) atoms. The molecule has 1 saturated carbocycles. The molecule has 1 saturated heterocycles. The molecular weight excluding hydrogens is 296 g/mol. The molecule has 2 aromatic carbocycles. The Balaban J connectivity index is 1.57. The number of rotatable bonds is 5. The van der Waals surface area contributed by atoms with Gasteiger partial charge in [-0.2, -0.15) is 0 Å². The summed E-state index contributed by atoms with van der Waals surface area (Å²) in [6.45, 7) is 4.49.